The van der Waals surface area contributed by atoms with Gasteiger partial charge in [-0.25, -0.2) is 0 Å². The maximum absolute atomic E-state index is 10.8. The van der Waals surface area contributed by atoms with E-state index in [0.29, 0.717) is 12.1 Å². The first-order chi connectivity index (χ1) is 7.57. The second-order valence-electron chi connectivity index (χ2n) is 5.38. The van der Waals surface area contributed by atoms with Crippen LogP contribution in [0.4, 0.5) is 0 Å². The molecule has 0 spiro atoms. The second-order valence-corrected chi connectivity index (χ2v) is 5.38. The average molecular weight is 221 g/mol. The van der Waals surface area contributed by atoms with E-state index in [4.69, 9.17) is 0 Å². The third-order valence-electron chi connectivity index (χ3n) is 4.02. The Kier molecular flexibility index (Phi) is 2.13. The lowest BCUT2D eigenvalue weighted by molar-refractivity contribution is -0.0120. The van der Waals surface area contributed by atoms with Gasteiger partial charge in [0.25, 0.3) is 0 Å². The molecule has 2 aliphatic heterocycles. The maximum atomic E-state index is 10.8. The maximum Gasteiger partial charge on any atom is 0.0959 e. The molecule has 4 nitrogen and oxygen atoms in total. The summed E-state index contributed by atoms with van der Waals surface area (Å²) in [6.45, 7) is 1.98. The lowest BCUT2D eigenvalue weighted by Crippen LogP contribution is -2.46. The molecule has 16 heavy (non-hydrogen) atoms. The summed E-state index contributed by atoms with van der Waals surface area (Å²) >= 11 is 0. The Labute approximate surface area is 95.7 Å². The SMILES string of the molecule is Cc1nn(C)cc1C1(O)CC2CCC(C1)N2. The molecule has 0 aromatic carbocycles. The molecule has 3 rings (SSSR count). The van der Waals surface area contributed by atoms with Crippen LogP contribution in [0.1, 0.15) is 36.9 Å². The zero-order chi connectivity index (χ0) is 11.3. The third kappa shape index (κ3) is 1.48. The van der Waals surface area contributed by atoms with E-state index in [1.165, 1.54) is 12.8 Å². The van der Waals surface area contributed by atoms with E-state index in [1.54, 1.807) is 4.68 Å². The number of aryl methyl sites for hydroxylation is 2. The van der Waals surface area contributed by atoms with E-state index in [2.05, 4.69) is 10.4 Å². The highest BCUT2D eigenvalue weighted by molar-refractivity contribution is 5.26. The van der Waals surface area contributed by atoms with Crippen molar-refractivity contribution in [3.8, 4) is 0 Å². The van der Waals surface area contributed by atoms with Crippen LogP contribution in [0.3, 0.4) is 0 Å². The fourth-order valence-electron chi connectivity index (χ4n) is 3.40. The molecular weight excluding hydrogens is 202 g/mol. The summed E-state index contributed by atoms with van der Waals surface area (Å²) in [5.41, 5.74) is 1.33. The van der Waals surface area contributed by atoms with Crippen LogP contribution in [0.2, 0.25) is 0 Å². The fourth-order valence-corrected chi connectivity index (χ4v) is 3.40. The molecule has 2 unspecified atom stereocenters. The summed E-state index contributed by atoms with van der Waals surface area (Å²) < 4.78 is 1.80. The Bertz CT molecular complexity index is 400. The molecule has 2 bridgehead atoms. The van der Waals surface area contributed by atoms with Gasteiger partial charge in [-0.1, -0.05) is 0 Å². The van der Waals surface area contributed by atoms with Crippen molar-refractivity contribution < 1.29 is 5.11 Å². The van der Waals surface area contributed by atoms with Crippen LogP contribution in [0.15, 0.2) is 6.20 Å². The Hall–Kier alpha value is -0.870. The largest absolute Gasteiger partial charge is 0.385 e. The van der Waals surface area contributed by atoms with Crippen LogP contribution in [0.5, 0.6) is 0 Å². The first-order valence-corrected chi connectivity index (χ1v) is 6.06. The lowest BCUT2D eigenvalue weighted by atomic mass is 9.82. The summed E-state index contributed by atoms with van der Waals surface area (Å²) in [4.78, 5) is 0. The van der Waals surface area contributed by atoms with Crippen LogP contribution >= 0.6 is 0 Å². The summed E-state index contributed by atoms with van der Waals surface area (Å²) in [5, 5.41) is 18.7. The minimum Gasteiger partial charge on any atom is -0.385 e. The molecule has 2 aliphatic rings. The van der Waals surface area contributed by atoms with Crippen LogP contribution in [-0.2, 0) is 12.6 Å². The summed E-state index contributed by atoms with van der Waals surface area (Å²) in [6, 6.07) is 0.978. The number of aromatic nitrogens is 2. The van der Waals surface area contributed by atoms with Crippen molar-refractivity contribution in [2.24, 2.45) is 7.05 Å². The molecule has 3 heterocycles. The molecule has 1 aromatic rings. The van der Waals surface area contributed by atoms with E-state index in [9.17, 15) is 5.11 Å². The lowest BCUT2D eigenvalue weighted by Gasteiger charge is -2.37. The van der Waals surface area contributed by atoms with Crippen molar-refractivity contribution in [1.29, 1.82) is 0 Å². The number of aliphatic hydroxyl groups is 1. The smallest absolute Gasteiger partial charge is 0.0959 e. The van der Waals surface area contributed by atoms with Gasteiger partial charge < -0.3 is 10.4 Å². The minimum atomic E-state index is -0.657. The van der Waals surface area contributed by atoms with Crippen molar-refractivity contribution in [3.63, 3.8) is 0 Å². The monoisotopic (exact) mass is 221 g/mol. The first-order valence-electron chi connectivity index (χ1n) is 6.06. The molecule has 88 valence electrons. The number of hydrogen-bond acceptors (Lipinski definition) is 3. The number of hydrogen-bond donors (Lipinski definition) is 2. The number of nitrogens with one attached hydrogen (secondary N) is 1. The van der Waals surface area contributed by atoms with Crippen molar-refractivity contribution in [1.82, 2.24) is 15.1 Å². The Morgan fingerprint density at radius 1 is 1.44 bits per heavy atom. The second kappa shape index (κ2) is 3.31. The third-order valence-corrected chi connectivity index (χ3v) is 4.02. The van der Waals surface area contributed by atoms with Crippen LogP contribution in [0, 0.1) is 6.92 Å². The number of fused-ring (bicyclic) bond motifs is 2. The number of rotatable bonds is 1. The van der Waals surface area contributed by atoms with Crippen LogP contribution in [0.25, 0.3) is 0 Å². The molecule has 4 heteroatoms. The van der Waals surface area contributed by atoms with Gasteiger partial charge in [-0.15, -0.1) is 0 Å². The predicted octanol–water partition coefficient (Wildman–Crippen LogP) is 0.831. The molecule has 1 aromatic heterocycles. The Morgan fingerprint density at radius 2 is 2.06 bits per heavy atom. The van der Waals surface area contributed by atoms with Crippen LogP contribution in [-0.4, -0.2) is 27.0 Å². The molecule has 2 atom stereocenters. The van der Waals surface area contributed by atoms with Crippen molar-refractivity contribution in [3.05, 3.63) is 17.5 Å². The Balaban J connectivity index is 1.96. The molecule has 2 saturated heterocycles. The molecule has 2 N–H and O–H groups in total. The van der Waals surface area contributed by atoms with Gasteiger partial charge in [0.1, 0.15) is 0 Å². The van der Waals surface area contributed by atoms with Gasteiger partial charge in [0.2, 0.25) is 0 Å². The summed E-state index contributed by atoms with van der Waals surface area (Å²) in [7, 11) is 1.91. The van der Waals surface area contributed by atoms with Crippen LogP contribution < -0.4 is 5.32 Å². The highest BCUT2D eigenvalue weighted by Crippen LogP contribution is 2.41. The first kappa shape index (κ1) is 10.3. The molecular formula is C12H19N3O. The molecule has 0 saturated carbocycles. The summed E-state index contributed by atoms with van der Waals surface area (Å²) in [6.07, 6.45) is 6.03. The zero-order valence-corrected chi connectivity index (χ0v) is 9.90. The van der Waals surface area contributed by atoms with E-state index < -0.39 is 5.60 Å². The highest BCUT2D eigenvalue weighted by atomic mass is 16.3. The molecule has 0 aliphatic carbocycles. The van der Waals surface area contributed by atoms with Gasteiger partial charge in [-0.05, 0) is 32.6 Å². The van der Waals surface area contributed by atoms with Gasteiger partial charge in [0, 0.05) is 30.9 Å². The van der Waals surface area contributed by atoms with Crippen molar-refractivity contribution in [2.75, 3.05) is 0 Å². The van der Waals surface area contributed by atoms with Crippen molar-refractivity contribution >= 4 is 0 Å². The molecule has 2 fully saturated rings. The molecule has 0 radical (unpaired) electrons. The number of nitrogens with zero attached hydrogens (tertiary/aromatic N) is 2. The zero-order valence-electron chi connectivity index (χ0n) is 9.90. The fraction of sp³-hybridized carbons (Fsp3) is 0.750. The van der Waals surface area contributed by atoms with Gasteiger partial charge in [0.15, 0.2) is 0 Å². The van der Waals surface area contributed by atoms with E-state index in [-0.39, 0.29) is 0 Å². The number of piperidine rings is 1. The average Bonchev–Trinajstić information content (AvgIpc) is 2.70. The van der Waals surface area contributed by atoms with Gasteiger partial charge in [-0.2, -0.15) is 5.10 Å². The normalized spacial score (nSPS) is 37.9. The van der Waals surface area contributed by atoms with Gasteiger partial charge >= 0.3 is 0 Å². The van der Waals surface area contributed by atoms with E-state index in [0.717, 1.165) is 24.1 Å². The topological polar surface area (TPSA) is 50.1 Å². The Morgan fingerprint density at radius 3 is 2.56 bits per heavy atom. The van der Waals surface area contributed by atoms with E-state index in [1.807, 2.05) is 20.2 Å². The summed E-state index contributed by atoms with van der Waals surface area (Å²) in [5.74, 6) is 0. The minimum absolute atomic E-state index is 0.489. The predicted molar refractivity (Wildman–Crippen MR) is 61.0 cm³/mol. The highest BCUT2D eigenvalue weighted by Gasteiger charge is 2.44. The van der Waals surface area contributed by atoms with E-state index >= 15 is 0 Å². The van der Waals surface area contributed by atoms with Gasteiger partial charge in [-0.3, -0.25) is 4.68 Å². The molecule has 0 amide bonds. The standard InChI is InChI=1S/C12H19N3O/c1-8-11(7-15(2)14-8)12(16)5-9-3-4-10(6-12)13-9/h7,9-10,13,16H,3-6H2,1-2H3. The van der Waals surface area contributed by atoms with Crippen molar-refractivity contribution in [2.45, 2.75) is 50.3 Å². The van der Waals surface area contributed by atoms with Gasteiger partial charge in [0.05, 0.1) is 11.3 Å². The quantitative estimate of drug-likeness (QED) is 0.738.